The zero-order chi connectivity index (χ0) is 12.3. The zero-order valence-electron chi connectivity index (χ0n) is 10.5. The first-order valence-electron chi connectivity index (χ1n) is 5.82. The van der Waals surface area contributed by atoms with Crippen LogP contribution in [-0.2, 0) is 0 Å². The molecule has 84 valence electrons. The molecular formula is C17H16. The predicted molar refractivity (Wildman–Crippen MR) is 73.1 cm³/mol. The minimum absolute atomic E-state index is 1.07. The van der Waals surface area contributed by atoms with Gasteiger partial charge in [0.2, 0.25) is 0 Å². The van der Waals surface area contributed by atoms with E-state index in [1.807, 2.05) is 0 Å². The Balaban J connectivity index is 2.33. The van der Waals surface area contributed by atoms with Crippen molar-refractivity contribution in [2.24, 2.45) is 0 Å². The molecule has 0 saturated carbocycles. The maximum Gasteiger partial charge on any atom is 0.0280 e. The summed E-state index contributed by atoms with van der Waals surface area (Å²) in [5.41, 5.74) is 6.01. The molecule has 0 amide bonds. The molecule has 0 atom stereocenters. The first-order valence-corrected chi connectivity index (χ1v) is 5.82. The average Bonchev–Trinajstić information content (AvgIpc) is 2.33. The van der Waals surface area contributed by atoms with Crippen LogP contribution in [-0.4, -0.2) is 0 Å². The molecule has 17 heavy (non-hydrogen) atoms. The van der Waals surface area contributed by atoms with E-state index in [4.69, 9.17) is 0 Å². The van der Waals surface area contributed by atoms with E-state index in [1.165, 1.54) is 16.7 Å². The number of benzene rings is 2. The molecule has 0 aromatic heterocycles. The van der Waals surface area contributed by atoms with Crippen molar-refractivity contribution in [2.45, 2.75) is 20.8 Å². The van der Waals surface area contributed by atoms with Gasteiger partial charge in [-0.15, -0.1) is 0 Å². The molecule has 0 bridgehead atoms. The molecule has 0 N–H and O–H groups in total. The smallest absolute Gasteiger partial charge is 0.0280 e. The van der Waals surface area contributed by atoms with Crippen molar-refractivity contribution in [2.75, 3.05) is 0 Å². The molecule has 0 aliphatic heterocycles. The number of rotatable bonds is 0. The quantitative estimate of drug-likeness (QED) is 0.588. The van der Waals surface area contributed by atoms with E-state index in [0.29, 0.717) is 0 Å². The van der Waals surface area contributed by atoms with Gasteiger partial charge in [0, 0.05) is 11.1 Å². The van der Waals surface area contributed by atoms with Crippen molar-refractivity contribution in [3.8, 4) is 11.8 Å². The van der Waals surface area contributed by atoms with Crippen LogP contribution in [0.25, 0.3) is 0 Å². The van der Waals surface area contributed by atoms with Crippen molar-refractivity contribution in [1.82, 2.24) is 0 Å². The summed E-state index contributed by atoms with van der Waals surface area (Å²) >= 11 is 0. The molecule has 2 aromatic carbocycles. The molecule has 0 radical (unpaired) electrons. The molecular weight excluding hydrogens is 204 g/mol. The van der Waals surface area contributed by atoms with Crippen LogP contribution in [0.5, 0.6) is 0 Å². The van der Waals surface area contributed by atoms with Crippen LogP contribution in [0.3, 0.4) is 0 Å². The lowest BCUT2D eigenvalue weighted by molar-refractivity contribution is 1.32. The van der Waals surface area contributed by atoms with Crippen LogP contribution < -0.4 is 0 Å². The van der Waals surface area contributed by atoms with Gasteiger partial charge in [0.15, 0.2) is 0 Å². The summed E-state index contributed by atoms with van der Waals surface area (Å²) < 4.78 is 0. The molecule has 0 fully saturated rings. The van der Waals surface area contributed by atoms with Crippen LogP contribution >= 0.6 is 0 Å². The fourth-order valence-electron chi connectivity index (χ4n) is 1.66. The third-order valence-corrected chi connectivity index (χ3v) is 3.00. The highest BCUT2D eigenvalue weighted by molar-refractivity contribution is 5.48. The average molecular weight is 220 g/mol. The van der Waals surface area contributed by atoms with Gasteiger partial charge in [-0.1, -0.05) is 41.7 Å². The van der Waals surface area contributed by atoms with E-state index < -0.39 is 0 Å². The minimum Gasteiger partial charge on any atom is -0.0616 e. The summed E-state index contributed by atoms with van der Waals surface area (Å²) in [5.74, 6) is 6.45. The molecule has 0 aliphatic carbocycles. The molecule has 0 saturated heterocycles. The van der Waals surface area contributed by atoms with Gasteiger partial charge in [-0.3, -0.25) is 0 Å². The van der Waals surface area contributed by atoms with Crippen molar-refractivity contribution < 1.29 is 0 Å². The molecule has 0 spiro atoms. The van der Waals surface area contributed by atoms with Crippen LogP contribution in [0.4, 0.5) is 0 Å². The Kier molecular flexibility index (Phi) is 3.30. The fourth-order valence-corrected chi connectivity index (χ4v) is 1.66. The maximum atomic E-state index is 3.24. The standard InChI is InChI=1S/C17H16/c1-13-7-9-16(10-8-13)11-12-17-6-4-5-14(2)15(17)3/h4-10H,1-3H3. The van der Waals surface area contributed by atoms with Gasteiger partial charge in [0.05, 0.1) is 0 Å². The van der Waals surface area contributed by atoms with Crippen LogP contribution in [0.1, 0.15) is 27.8 Å². The van der Waals surface area contributed by atoms with E-state index in [9.17, 15) is 0 Å². The summed E-state index contributed by atoms with van der Waals surface area (Å²) in [6.07, 6.45) is 0. The minimum atomic E-state index is 1.07. The van der Waals surface area contributed by atoms with Crippen LogP contribution in [0.2, 0.25) is 0 Å². The van der Waals surface area contributed by atoms with Gasteiger partial charge < -0.3 is 0 Å². The van der Waals surface area contributed by atoms with E-state index in [2.05, 4.69) is 75.1 Å². The summed E-state index contributed by atoms with van der Waals surface area (Å²) in [4.78, 5) is 0. The molecule has 0 heteroatoms. The van der Waals surface area contributed by atoms with Crippen molar-refractivity contribution >= 4 is 0 Å². The SMILES string of the molecule is Cc1ccc(C#Cc2cccc(C)c2C)cc1. The molecule has 0 unspecified atom stereocenters. The Morgan fingerprint density at radius 3 is 2.18 bits per heavy atom. The largest absolute Gasteiger partial charge is 0.0616 e. The monoisotopic (exact) mass is 220 g/mol. The Morgan fingerprint density at radius 1 is 0.765 bits per heavy atom. The normalized spacial score (nSPS) is 9.59. The second-order valence-corrected chi connectivity index (χ2v) is 4.36. The highest BCUT2D eigenvalue weighted by atomic mass is 14.0. The molecule has 2 rings (SSSR count). The maximum absolute atomic E-state index is 3.24. The topological polar surface area (TPSA) is 0 Å². The fraction of sp³-hybridized carbons (Fsp3) is 0.176. The Morgan fingerprint density at radius 2 is 1.47 bits per heavy atom. The third kappa shape index (κ3) is 2.77. The molecule has 0 heterocycles. The Bertz CT molecular complexity index is 578. The Labute approximate surface area is 103 Å². The van der Waals surface area contributed by atoms with Gasteiger partial charge in [0.25, 0.3) is 0 Å². The second kappa shape index (κ2) is 4.89. The van der Waals surface area contributed by atoms with Gasteiger partial charge in [0.1, 0.15) is 0 Å². The lowest BCUT2D eigenvalue weighted by atomic mass is 10.0. The third-order valence-electron chi connectivity index (χ3n) is 3.00. The highest BCUT2D eigenvalue weighted by Gasteiger charge is 1.96. The summed E-state index contributed by atoms with van der Waals surface area (Å²) in [6.45, 7) is 6.32. The summed E-state index contributed by atoms with van der Waals surface area (Å²) in [6, 6.07) is 14.6. The van der Waals surface area contributed by atoms with E-state index in [0.717, 1.165) is 11.1 Å². The second-order valence-electron chi connectivity index (χ2n) is 4.36. The van der Waals surface area contributed by atoms with E-state index in [1.54, 1.807) is 0 Å². The zero-order valence-corrected chi connectivity index (χ0v) is 10.5. The van der Waals surface area contributed by atoms with Crippen LogP contribution in [0.15, 0.2) is 42.5 Å². The summed E-state index contributed by atoms with van der Waals surface area (Å²) in [7, 11) is 0. The first kappa shape index (κ1) is 11.5. The van der Waals surface area contributed by atoms with Gasteiger partial charge in [-0.25, -0.2) is 0 Å². The van der Waals surface area contributed by atoms with Crippen LogP contribution in [0, 0.1) is 32.6 Å². The molecule has 2 aromatic rings. The predicted octanol–water partition coefficient (Wildman–Crippen LogP) is 4.01. The number of aryl methyl sites for hydroxylation is 2. The molecule has 0 aliphatic rings. The molecule has 0 nitrogen and oxygen atoms in total. The van der Waals surface area contributed by atoms with Gasteiger partial charge in [-0.05, 0) is 50.1 Å². The first-order chi connectivity index (χ1) is 8.16. The van der Waals surface area contributed by atoms with Gasteiger partial charge in [-0.2, -0.15) is 0 Å². The van der Waals surface area contributed by atoms with E-state index >= 15 is 0 Å². The van der Waals surface area contributed by atoms with Crippen molar-refractivity contribution in [3.05, 3.63) is 70.3 Å². The highest BCUT2D eigenvalue weighted by Crippen LogP contribution is 2.11. The summed E-state index contributed by atoms with van der Waals surface area (Å²) in [5, 5.41) is 0. The number of hydrogen-bond donors (Lipinski definition) is 0. The lowest BCUT2D eigenvalue weighted by Gasteiger charge is -2.01. The lowest BCUT2D eigenvalue weighted by Crippen LogP contribution is -1.86. The van der Waals surface area contributed by atoms with E-state index in [-0.39, 0.29) is 0 Å². The Hall–Kier alpha value is -2.00. The van der Waals surface area contributed by atoms with Gasteiger partial charge >= 0.3 is 0 Å². The van der Waals surface area contributed by atoms with Crippen molar-refractivity contribution in [3.63, 3.8) is 0 Å². The number of hydrogen-bond acceptors (Lipinski definition) is 0. The van der Waals surface area contributed by atoms with Crippen molar-refractivity contribution in [1.29, 1.82) is 0 Å².